The Balaban J connectivity index is 3.98. The first-order chi connectivity index (χ1) is 9.19. The molecule has 0 rings (SSSR count). The first-order valence-electron chi connectivity index (χ1n) is 5.85. The fourth-order valence-corrected chi connectivity index (χ4v) is 1.90. The van der Waals surface area contributed by atoms with Crippen molar-refractivity contribution in [3.8, 4) is 0 Å². The van der Waals surface area contributed by atoms with Gasteiger partial charge in [0, 0.05) is 34.3 Å². The van der Waals surface area contributed by atoms with Crippen molar-refractivity contribution in [2.45, 2.75) is 12.5 Å². The van der Waals surface area contributed by atoms with Gasteiger partial charge in [-0.05, 0) is 0 Å². The van der Waals surface area contributed by atoms with Gasteiger partial charge in [-0.3, -0.25) is 4.79 Å². The molecule has 0 spiro atoms. The number of carboxylic acids is 1. The highest BCUT2D eigenvalue weighted by molar-refractivity contribution is 7.89. The standard InChI is InChI=1S/C10H21N3O6S/c1-13(2)20(17,18)5-4-11-10(16)12-7-8(19-3)6-9(14)15/h8H,4-7H2,1-3H3,(H,14,15)(H2,11,12,16). The van der Waals surface area contributed by atoms with Gasteiger partial charge in [0.15, 0.2) is 0 Å². The average Bonchev–Trinajstić information content (AvgIpc) is 2.33. The lowest BCUT2D eigenvalue weighted by Crippen LogP contribution is -2.43. The van der Waals surface area contributed by atoms with Crippen LogP contribution in [0.4, 0.5) is 4.79 Å². The van der Waals surface area contributed by atoms with Gasteiger partial charge in [-0.1, -0.05) is 0 Å². The molecule has 0 aliphatic heterocycles. The number of ether oxygens (including phenoxy) is 1. The Labute approximate surface area is 118 Å². The third-order valence-corrected chi connectivity index (χ3v) is 4.26. The second-order valence-corrected chi connectivity index (χ2v) is 6.49. The third kappa shape index (κ3) is 7.92. The lowest BCUT2D eigenvalue weighted by Gasteiger charge is -2.15. The summed E-state index contributed by atoms with van der Waals surface area (Å²) < 4.78 is 28.8. The van der Waals surface area contributed by atoms with Crippen LogP contribution in [0.3, 0.4) is 0 Å². The van der Waals surface area contributed by atoms with Crippen LogP contribution in [0.5, 0.6) is 0 Å². The van der Waals surface area contributed by atoms with E-state index in [0.29, 0.717) is 0 Å². The average molecular weight is 311 g/mol. The number of urea groups is 1. The highest BCUT2D eigenvalue weighted by atomic mass is 32.2. The summed E-state index contributed by atoms with van der Waals surface area (Å²) in [5, 5.41) is 13.4. The Kier molecular flexibility index (Phi) is 8.11. The fourth-order valence-electron chi connectivity index (χ4n) is 1.18. The van der Waals surface area contributed by atoms with E-state index in [1.54, 1.807) is 0 Å². The van der Waals surface area contributed by atoms with Gasteiger partial charge < -0.3 is 20.5 Å². The minimum Gasteiger partial charge on any atom is -0.481 e. The minimum atomic E-state index is -3.36. The first kappa shape index (κ1) is 18.6. The lowest BCUT2D eigenvalue weighted by atomic mass is 10.2. The van der Waals surface area contributed by atoms with E-state index < -0.39 is 28.1 Å². The van der Waals surface area contributed by atoms with Gasteiger partial charge in [0.1, 0.15) is 0 Å². The summed E-state index contributed by atoms with van der Waals surface area (Å²) in [6.45, 7) is -0.0159. The molecule has 0 saturated heterocycles. The van der Waals surface area contributed by atoms with Crippen LogP contribution in [0.2, 0.25) is 0 Å². The Bertz CT molecular complexity index is 423. The molecule has 0 radical (unpaired) electrons. The number of nitrogens with one attached hydrogen (secondary N) is 2. The van der Waals surface area contributed by atoms with E-state index >= 15 is 0 Å². The van der Waals surface area contributed by atoms with Gasteiger partial charge >= 0.3 is 12.0 Å². The van der Waals surface area contributed by atoms with E-state index in [4.69, 9.17) is 9.84 Å². The quantitative estimate of drug-likeness (QED) is 0.484. The number of hydrogen-bond donors (Lipinski definition) is 3. The molecule has 20 heavy (non-hydrogen) atoms. The number of nitrogens with zero attached hydrogens (tertiary/aromatic N) is 1. The second-order valence-electron chi connectivity index (χ2n) is 4.19. The van der Waals surface area contributed by atoms with Crippen LogP contribution in [0, 0.1) is 0 Å². The predicted octanol–water partition coefficient (Wildman–Crippen LogP) is -1.33. The van der Waals surface area contributed by atoms with E-state index in [-0.39, 0.29) is 25.3 Å². The summed E-state index contributed by atoms with van der Waals surface area (Å²) in [4.78, 5) is 21.9. The highest BCUT2D eigenvalue weighted by Gasteiger charge is 2.15. The van der Waals surface area contributed by atoms with Gasteiger partial charge in [0.2, 0.25) is 10.0 Å². The van der Waals surface area contributed by atoms with Crippen molar-refractivity contribution in [2.75, 3.05) is 40.0 Å². The van der Waals surface area contributed by atoms with Crippen LogP contribution < -0.4 is 10.6 Å². The Hall–Kier alpha value is -1.39. The van der Waals surface area contributed by atoms with E-state index in [0.717, 1.165) is 4.31 Å². The van der Waals surface area contributed by atoms with Gasteiger partial charge in [-0.25, -0.2) is 17.5 Å². The molecule has 0 saturated carbocycles. The van der Waals surface area contributed by atoms with Crippen molar-refractivity contribution < 1.29 is 27.9 Å². The molecular formula is C10H21N3O6S. The SMILES string of the molecule is COC(CNC(=O)NCCS(=O)(=O)N(C)C)CC(=O)O. The molecule has 1 unspecified atom stereocenters. The maximum absolute atomic E-state index is 11.4. The monoisotopic (exact) mass is 311 g/mol. The number of carbonyl (C=O) groups is 2. The molecule has 0 aromatic carbocycles. The van der Waals surface area contributed by atoms with Crippen LogP contribution in [0.1, 0.15) is 6.42 Å². The summed E-state index contributed by atoms with van der Waals surface area (Å²) in [5.74, 6) is -1.24. The Morgan fingerprint density at radius 2 is 1.90 bits per heavy atom. The van der Waals surface area contributed by atoms with Crippen molar-refractivity contribution >= 4 is 22.0 Å². The molecule has 2 amide bonds. The minimum absolute atomic E-state index is 0.0229. The summed E-state index contributed by atoms with van der Waals surface area (Å²) in [6, 6.07) is -0.577. The molecule has 3 N–H and O–H groups in total. The molecule has 0 aromatic rings. The van der Waals surface area contributed by atoms with Crippen molar-refractivity contribution in [2.24, 2.45) is 0 Å². The molecule has 0 aliphatic rings. The number of rotatable bonds is 9. The topological polar surface area (TPSA) is 125 Å². The first-order valence-corrected chi connectivity index (χ1v) is 7.46. The van der Waals surface area contributed by atoms with E-state index in [1.807, 2.05) is 0 Å². The number of carbonyl (C=O) groups excluding carboxylic acids is 1. The number of carboxylic acid groups (broad SMARTS) is 1. The van der Waals surface area contributed by atoms with Crippen molar-refractivity contribution in [1.82, 2.24) is 14.9 Å². The van der Waals surface area contributed by atoms with Crippen molar-refractivity contribution in [3.63, 3.8) is 0 Å². The zero-order valence-electron chi connectivity index (χ0n) is 11.7. The number of methoxy groups -OCH3 is 1. The van der Waals surface area contributed by atoms with Crippen LogP contribution in [0.15, 0.2) is 0 Å². The molecule has 0 heterocycles. The van der Waals surface area contributed by atoms with Gasteiger partial charge in [-0.15, -0.1) is 0 Å². The summed E-state index contributed by atoms with van der Waals surface area (Å²) in [6.07, 6.45) is -0.866. The molecule has 0 bridgehead atoms. The molecular weight excluding hydrogens is 290 g/mol. The van der Waals surface area contributed by atoms with E-state index in [9.17, 15) is 18.0 Å². The third-order valence-electron chi connectivity index (χ3n) is 2.43. The summed E-state index contributed by atoms with van der Waals surface area (Å²) in [7, 11) is 0.801. The molecule has 9 nitrogen and oxygen atoms in total. The molecule has 0 aliphatic carbocycles. The molecule has 0 fully saturated rings. The second kappa shape index (κ2) is 8.72. The number of sulfonamides is 1. The van der Waals surface area contributed by atoms with Crippen LogP contribution in [-0.2, 0) is 19.6 Å². The molecule has 10 heteroatoms. The summed E-state index contributed by atoms with van der Waals surface area (Å²) in [5.41, 5.74) is 0. The number of hydrogen-bond acceptors (Lipinski definition) is 5. The van der Waals surface area contributed by atoms with Crippen molar-refractivity contribution in [1.29, 1.82) is 0 Å². The Morgan fingerprint density at radius 1 is 1.30 bits per heavy atom. The van der Waals surface area contributed by atoms with Gasteiger partial charge in [-0.2, -0.15) is 0 Å². The Morgan fingerprint density at radius 3 is 2.35 bits per heavy atom. The largest absolute Gasteiger partial charge is 0.481 e. The van der Waals surface area contributed by atoms with Gasteiger partial charge in [0.25, 0.3) is 0 Å². The fraction of sp³-hybridized carbons (Fsp3) is 0.800. The lowest BCUT2D eigenvalue weighted by molar-refractivity contribution is -0.139. The predicted molar refractivity (Wildman–Crippen MR) is 71.9 cm³/mol. The van der Waals surface area contributed by atoms with Crippen molar-refractivity contribution in [3.05, 3.63) is 0 Å². The maximum Gasteiger partial charge on any atom is 0.314 e. The normalized spacial score (nSPS) is 13.0. The van der Waals surface area contributed by atoms with Crippen LogP contribution in [0.25, 0.3) is 0 Å². The molecule has 1 atom stereocenters. The molecule has 118 valence electrons. The van der Waals surface area contributed by atoms with E-state index in [1.165, 1.54) is 21.2 Å². The smallest absolute Gasteiger partial charge is 0.314 e. The highest BCUT2D eigenvalue weighted by Crippen LogP contribution is 1.95. The van der Waals surface area contributed by atoms with Crippen LogP contribution >= 0.6 is 0 Å². The van der Waals surface area contributed by atoms with Gasteiger partial charge in [0.05, 0.1) is 18.3 Å². The summed E-state index contributed by atoms with van der Waals surface area (Å²) >= 11 is 0. The van der Waals surface area contributed by atoms with Crippen LogP contribution in [-0.4, -0.2) is 76.0 Å². The maximum atomic E-state index is 11.4. The number of aliphatic carboxylic acids is 1. The molecule has 0 aromatic heterocycles. The number of amides is 2. The zero-order chi connectivity index (χ0) is 15.8. The van der Waals surface area contributed by atoms with E-state index in [2.05, 4.69) is 10.6 Å². The zero-order valence-corrected chi connectivity index (χ0v) is 12.6.